The van der Waals surface area contributed by atoms with Gasteiger partial charge in [0.25, 0.3) is 0 Å². The van der Waals surface area contributed by atoms with E-state index in [-0.39, 0.29) is 0 Å². The Balaban J connectivity index is 1.73. The van der Waals surface area contributed by atoms with Crippen LogP contribution in [-0.2, 0) is 0 Å². The maximum atomic E-state index is 5.75. The highest BCUT2D eigenvalue weighted by molar-refractivity contribution is 5.79. The molecule has 1 unspecified atom stereocenters. The van der Waals surface area contributed by atoms with Crippen molar-refractivity contribution in [2.45, 2.75) is 18.9 Å². The molecule has 1 N–H and O–H groups in total. The van der Waals surface area contributed by atoms with Crippen LogP contribution in [0.25, 0.3) is 0 Å². The minimum absolute atomic E-state index is 0.584. The Labute approximate surface area is 140 Å². The molecule has 5 nitrogen and oxygen atoms in total. The van der Waals surface area contributed by atoms with Crippen LogP contribution in [0.3, 0.4) is 0 Å². The molecule has 1 saturated carbocycles. The van der Waals surface area contributed by atoms with Gasteiger partial charge in [0, 0.05) is 26.7 Å². The summed E-state index contributed by atoms with van der Waals surface area (Å²) >= 11 is 0. The molecule has 128 valence electrons. The predicted octanol–water partition coefficient (Wildman–Crippen LogP) is 1.91. The van der Waals surface area contributed by atoms with Crippen LogP contribution in [-0.4, -0.2) is 69.7 Å². The maximum Gasteiger partial charge on any atom is 0.193 e. The van der Waals surface area contributed by atoms with E-state index < -0.39 is 0 Å². The number of nitrogens with one attached hydrogen (secondary N) is 1. The van der Waals surface area contributed by atoms with E-state index in [0.29, 0.717) is 12.6 Å². The Bertz CT molecular complexity index is 483. The summed E-state index contributed by atoms with van der Waals surface area (Å²) in [5, 5.41) is 3.50. The van der Waals surface area contributed by atoms with Gasteiger partial charge in [0.1, 0.15) is 12.4 Å². The fourth-order valence-corrected chi connectivity index (χ4v) is 2.76. The second kappa shape index (κ2) is 8.77. The van der Waals surface area contributed by atoms with E-state index in [1.54, 1.807) is 0 Å². The van der Waals surface area contributed by atoms with Crippen LogP contribution in [0.4, 0.5) is 0 Å². The first-order valence-corrected chi connectivity index (χ1v) is 8.38. The lowest BCUT2D eigenvalue weighted by Gasteiger charge is -2.28. The highest BCUT2D eigenvalue weighted by atomic mass is 16.5. The normalized spacial score (nSPS) is 16.3. The molecule has 0 spiro atoms. The van der Waals surface area contributed by atoms with Crippen LogP contribution >= 0.6 is 0 Å². The maximum absolute atomic E-state index is 5.75. The third kappa shape index (κ3) is 5.75. The average Bonchev–Trinajstić information content (AvgIpc) is 3.37. The van der Waals surface area contributed by atoms with Crippen molar-refractivity contribution in [2.24, 2.45) is 10.9 Å². The van der Waals surface area contributed by atoms with Crippen LogP contribution in [0.1, 0.15) is 12.8 Å². The highest BCUT2D eigenvalue weighted by Crippen LogP contribution is 2.34. The van der Waals surface area contributed by atoms with Gasteiger partial charge in [-0.3, -0.25) is 4.99 Å². The van der Waals surface area contributed by atoms with Crippen LogP contribution in [0.15, 0.2) is 35.3 Å². The number of guanidine groups is 1. The van der Waals surface area contributed by atoms with E-state index in [1.807, 2.05) is 44.4 Å². The zero-order valence-electron chi connectivity index (χ0n) is 14.8. The smallest absolute Gasteiger partial charge is 0.193 e. The molecule has 0 amide bonds. The van der Waals surface area contributed by atoms with Gasteiger partial charge in [-0.25, -0.2) is 0 Å². The Hall–Kier alpha value is -1.75. The van der Waals surface area contributed by atoms with Gasteiger partial charge in [0.05, 0.1) is 6.54 Å². The molecule has 2 rings (SSSR count). The SMILES string of the molecule is CN=C(NCC(C1CC1)N(C)C)N(C)CCOc1ccccc1. The number of para-hydroxylation sites is 1. The molecule has 1 aliphatic rings. The number of rotatable bonds is 8. The van der Waals surface area contributed by atoms with E-state index in [4.69, 9.17) is 4.74 Å². The summed E-state index contributed by atoms with van der Waals surface area (Å²) in [5.41, 5.74) is 0. The molecule has 0 heterocycles. The first-order chi connectivity index (χ1) is 11.1. The van der Waals surface area contributed by atoms with Crippen LogP contribution in [0, 0.1) is 5.92 Å². The van der Waals surface area contributed by atoms with Gasteiger partial charge in [-0.05, 0) is 45.0 Å². The topological polar surface area (TPSA) is 40.1 Å². The van der Waals surface area contributed by atoms with Crippen molar-refractivity contribution in [3.63, 3.8) is 0 Å². The molecule has 23 heavy (non-hydrogen) atoms. The van der Waals surface area contributed by atoms with E-state index in [2.05, 4.69) is 34.2 Å². The summed E-state index contributed by atoms with van der Waals surface area (Å²) < 4.78 is 5.75. The summed E-state index contributed by atoms with van der Waals surface area (Å²) in [6, 6.07) is 10.5. The van der Waals surface area contributed by atoms with E-state index in [0.717, 1.165) is 30.7 Å². The van der Waals surface area contributed by atoms with Gasteiger partial charge in [-0.2, -0.15) is 0 Å². The molecular formula is C18H30N4O. The number of nitrogens with zero attached hydrogens (tertiary/aromatic N) is 3. The number of hydrogen-bond acceptors (Lipinski definition) is 3. The lowest BCUT2D eigenvalue weighted by Crippen LogP contribution is -2.47. The molecule has 1 atom stereocenters. The largest absolute Gasteiger partial charge is 0.492 e. The molecule has 1 fully saturated rings. The number of hydrogen-bond donors (Lipinski definition) is 1. The molecule has 0 radical (unpaired) electrons. The van der Waals surface area contributed by atoms with Crippen molar-refractivity contribution in [1.82, 2.24) is 15.1 Å². The summed E-state index contributed by atoms with van der Waals surface area (Å²) in [6.07, 6.45) is 2.70. The zero-order valence-corrected chi connectivity index (χ0v) is 14.8. The number of benzene rings is 1. The first kappa shape index (κ1) is 17.6. The Morgan fingerprint density at radius 1 is 1.26 bits per heavy atom. The predicted molar refractivity (Wildman–Crippen MR) is 96.1 cm³/mol. The highest BCUT2D eigenvalue weighted by Gasteiger charge is 2.32. The lowest BCUT2D eigenvalue weighted by atomic mass is 10.1. The number of likely N-dealkylation sites (N-methyl/N-ethyl adjacent to an activating group) is 2. The Kier molecular flexibility index (Phi) is 6.71. The minimum Gasteiger partial charge on any atom is -0.492 e. The summed E-state index contributed by atoms with van der Waals surface area (Å²) in [7, 11) is 8.19. The van der Waals surface area contributed by atoms with Gasteiger partial charge in [-0.15, -0.1) is 0 Å². The molecule has 1 aromatic carbocycles. The molecule has 1 aliphatic carbocycles. The van der Waals surface area contributed by atoms with E-state index in [1.165, 1.54) is 12.8 Å². The van der Waals surface area contributed by atoms with Crippen molar-refractivity contribution >= 4 is 5.96 Å². The molecular weight excluding hydrogens is 288 g/mol. The summed E-state index contributed by atoms with van der Waals surface area (Å²) in [4.78, 5) is 8.81. The Morgan fingerprint density at radius 2 is 1.96 bits per heavy atom. The summed E-state index contributed by atoms with van der Waals surface area (Å²) in [5.74, 6) is 2.67. The van der Waals surface area contributed by atoms with Gasteiger partial charge < -0.3 is 19.9 Å². The van der Waals surface area contributed by atoms with Crippen molar-refractivity contribution in [3.05, 3.63) is 30.3 Å². The second-order valence-corrected chi connectivity index (χ2v) is 6.38. The molecule has 5 heteroatoms. The zero-order chi connectivity index (χ0) is 16.7. The van der Waals surface area contributed by atoms with Crippen LogP contribution in [0.2, 0.25) is 0 Å². The Morgan fingerprint density at radius 3 is 2.52 bits per heavy atom. The average molecular weight is 318 g/mol. The van der Waals surface area contributed by atoms with Gasteiger partial charge >= 0.3 is 0 Å². The van der Waals surface area contributed by atoms with Gasteiger partial charge in [-0.1, -0.05) is 18.2 Å². The lowest BCUT2D eigenvalue weighted by molar-refractivity contribution is 0.257. The monoisotopic (exact) mass is 318 g/mol. The second-order valence-electron chi connectivity index (χ2n) is 6.38. The van der Waals surface area contributed by atoms with E-state index >= 15 is 0 Å². The molecule has 0 bridgehead atoms. The fourth-order valence-electron chi connectivity index (χ4n) is 2.76. The van der Waals surface area contributed by atoms with Gasteiger partial charge in [0.15, 0.2) is 5.96 Å². The third-order valence-electron chi connectivity index (χ3n) is 4.31. The third-order valence-corrected chi connectivity index (χ3v) is 4.31. The van der Waals surface area contributed by atoms with Gasteiger partial charge in [0.2, 0.25) is 0 Å². The summed E-state index contributed by atoms with van der Waals surface area (Å²) in [6.45, 7) is 2.37. The van der Waals surface area contributed by atoms with Crippen molar-refractivity contribution in [2.75, 3.05) is 47.9 Å². The molecule has 0 saturated heterocycles. The molecule has 0 aromatic heterocycles. The standard InChI is InChI=1S/C18H30N4O/c1-19-18(20-14-17(21(2)3)15-10-11-15)22(4)12-13-23-16-8-6-5-7-9-16/h5-9,15,17H,10-14H2,1-4H3,(H,19,20). The number of ether oxygens (including phenoxy) is 1. The molecule has 0 aliphatic heterocycles. The quantitative estimate of drug-likeness (QED) is 0.587. The number of aliphatic imine (C=N–C) groups is 1. The minimum atomic E-state index is 0.584. The van der Waals surface area contributed by atoms with Crippen molar-refractivity contribution in [3.8, 4) is 5.75 Å². The molecule has 1 aromatic rings. The van der Waals surface area contributed by atoms with Crippen LogP contribution in [0.5, 0.6) is 5.75 Å². The van der Waals surface area contributed by atoms with Crippen LogP contribution < -0.4 is 10.1 Å². The first-order valence-electron chi connectivity index (χ1n) is 8.38. The fraction of sp³-hybridized carbons (Fsp3) is 0.611. The van der Waals surface area contributed by atoms with Crippen molar-refractivity contribution in [1.29, 1.82) is 0 Å². The van der Waals surface area contributed by atoms with Crippen molar-refractivity contribution < 1.29 is 4.74 Å². The van der Waals surface area contributed by atoms with E-state index in [9.17, 15) is 0 Å².